The van der Waals surface area contributed by atoms with Crippen molar-refractivity contribution in [2.24, 2.45) is 0 Å². The molecule has 0 unspecified atom stereocenters. The third-order valence-corrected chi connectivity index (χ3v) is 5.35. The number of carbonyl (C=O) groups excluding carboxylic acids is 1. The molecule has 0 radical (unpaired) electrons. The van der Waals surface area contributed by atoms with Gasteiger partial charge in [-0.1, -0.05) is 24.3 Å². The number of thioether (sulfide) groups is 1. The van der Waals surface area contributed by atoms with Crippen molar-refractivity contribution >= 4 is 29.6 Å². The van der Waals surface area contributed by atoms with Gasteiger partial charge < -0.3 is 9.84 Å². The maximum Gasteiger partial charge on any atom is 0.413 e. The molecule has 3 rings (SSSR count). The van der Waals surface area contributed by atoms with Gasteiger partial charge in [0.15, 0.2) is 0 Å². The lowest BCUT2D eigenvalue weighted by Crippen LogP contribution is -2.27. The number of nitrogens with zero attached hydrogens (tertiary/aromatic N) is 1. The van der Waals surface area contributed by atoms with Crippen molar-refractivity contribution in [2.45, 2.75) is 37.5 Å². The van der Waals surface area contributed by atoms with E-state index in [0.717, 1.165) is 16.7 Å². The Morgan fingerprint density at radius 1 is 1.22 bits per heavy atom. The molecule has 1 amide bonds. The van der Waals surface area contributed by atoms with Crippen molar-refractivity contribution in [3.05, 3.63) is 48.2 Å². The summed E-state index contributed by atoms with van der Waals surface area (Å²) in [5, 5.41) is 11.9. The molecule has 2 aromatic rings. The van der Waals surface area contributed by atoms with E-state index in [1.807, 2.05) is 30.3 Å². The number of nitrogens with one attached hydrogen (secondary N) is 1. The minimum Gasteiger partial charge on any atom is -0.480 e. The SMILES string of the molecule is CC(C)(C)OC(=O)Nc1cc(-c2ccc(C[C@]3(C(=O)O)CS3)cc2)ccn1. The molecule has 2 heterocycles. The fourth-order valence-electron chi connectivity index (χ4n) is 2.62. The fourth-order valence-corrected chi connectivity index (χ4v) is 3.41. The van der Waals surface area contributed by atoms with E-state index >= 15 is 0 Å². The van der Waals surface area contributed by atoms with Crippen molar-refractivity contribution in [1.29, 1.82) is 0 Å². The van der Waals surface area contributed by atoms with Gasteiger partial charge in [0, 0.05) is 11.9 Å². The van der Waals surface area contributed by atoms with Gasteiger partial charge in [-0.15, -0.1) is 11.8 Å². The number of hydrogen-bond donors (Lipinski definition) is 2. The van der Waals surface area contributed by atoms with Gasteiger partial charge in [0.05, 0.1) is 0 Å². The summed E-state index contributed by atoms with van der Waals surface area (Å²) in [4.78, 5) is 27.4. The number of aromatic nitrogens is 1. The number of benzene rings is 1. The van der Waals surface area contributed by atoms with Crippen LogP contribution in [0.25, 0.3) is 11.1 Å². The lowest BCUT2D eigenvalue weighted by atomic mass is 9.98. The van der Waals surface area contributed by atoms with Crippen molar-refractivity contribution in [1.82, 2.24) is 4.98 Å². The number of anilines is 1. The smallest absolute Gasteiger partial charge is 0.413 e. The van der Waals surface area contributed by atoms with Crippen molar-refractivity contribution < 1.29 is 19.4 Å². The highest BCUT2D eigenvalue weighted by atomic mass is 32.2. The van der Waals surface area contributed by atoms with Crippen LogP contribution in [0.2, 0.25) is 0 Å². The fraction of sp³-hybridized carbons (Fsp3) is 0.350. The van der Waals surface area contributed by atoms with E-state index in [2.05, 4.69) is 10.3 Å². The van der Waals surface area contributed by atoms with E-state index in [1.165, 1.54) is 11.8 Å². The second-order valence-corrected chi connectivity index (χ2v) is 8.88. The highest BCUT2D eigenvalue weighted by molar-refractivity contribution is 8.08. The van der Waals surface area contributed by atoms with Crippen LogP contribution < -0.4 is 5.32 Å². The van der Waals surface area contributed by atoms with Crippen LogP contribution >= 0.6 is 11.8 Å². The van der Waals surface area contributed by atoms with Gasteiger partial charge in [-0.05, 0) is 56.0 Å². The molecule has 1 aromatic carbocycles. The number of carboxylic acids is 1. The molecule has 0 saturated carbocycles. The average Bonchev–Trinajstić information content (AvgIpc) is 3.35. The monoisotopic (exact) mass is 386 g/mol. The quantitative estimate of drug-likeness (QED) is 0.749. The van der Waals surface area contributed by atoms with Crippen LogP contribution in [0.4, 0.5) is 10.6 Å². The summed E-state index contributed by atoms with van der Waals surface area (Å²) in [5.41, 5.74) is 2.27. The van der Waals surface area contributed by atoms with E-state index in [4.69, 9.17) is 4.74 Å². The first kappa shape index (κ1) is 19.2. The normalized spacial score (nSPS) is 18.6. The Kier molecular flexibility index (Phi) is 5.15. The van der Waals surface area contributed by atoms with Crippen molar-refractivity contribution in [3.63, 3.8) is 0 Å². The topological polar surface area (TPSA) is 88.5 Å². The molecule has 2 N–H and O–H groups in total. The Labute approximate surface area is 162 Å². The maximum atomic E-state index is 11.9. The Balaban J connectivity index is 1.70. The molecule has 1 fully saturated rings. The van der Waals surface area contributed by atoms with Crippen LogP contribution in [0.5, 0.6) is 0 Å². The van der Waals surface area contributed by atoms with Gasteiger partial charge in [-0.2, -0.15) is 0 Å². The predicted molar refractivity (Wildman–Crippen MR) is 106 cm³/mol. The van der Waals surface area contributed by atoms with E-state index < -0.39 is 22.4 Å². The number of aliphatic carboxylic acids is 1. The first-order valence-corrected chi connectivity index (χ1v) is 9.58. The Morgan fingerprint density at radius 3 is 2.44 bits per heavy atom. The summed E-state index contributed by atoms with van der Waals surface area (Å²) in [7, 11) is 0. The number of pyridine rings is 1. The molecule has 1 aliphatic heterocycles. The Bertz CT molecular complexity index is 855. The summed E-state index contributed by atoms with van der Waals surface area (Å²) in [6.45, 7) is 5.39. The van der Waals surface area contributed by atoms with Crippen LogP contribution in [0.15, 0.2) is 42.6 Å². The number of hydrogen-bond acceptors (Lipinski definition) is 5. The van der Waals surface area contributed by atoms with Gasteiger partial charge in [0.1, 0.15) is 16.2 Å². The van der Waals surface area contributed by atoms with Crippen molar-refractivity contribution in [3.8, 4) is 11.1 Å². The first-order valence-electron chi connectivity index (χ1n) is 8.60. The summed E-state index contributed by atoms with van der Waals surface area (Å²) in [5.74, 6) is 0.322. The van der Waals surface area contributed by atoms with E-state index in [-0.39, 0.29) is 0 Å². The molecule has 0 aliphatic carbocycles. The minimum absolute atomic E-state index is 0.407. The number of amides is 1. The highest BCUT2D eigenvalue weighted by Crippen LogP contribution is 2.47. The third kappa shape index (κ3) is 5.01. The first-order chi connectivity index (χ1) is 12.7. The molecular formula is C20H22N2O4S. The molecule has 1 saturated heterocycles. The number of rotatable bonds is 5. The maximum absolute atomic E-state index is 11.9. The molecule has 7 heteroatoms. The van der Waals surface area contributed by atoms with Crippen LogP contribution in [0.1, 0.15) is 26.3 Å². The van der Waals surface area contributed by atoms with E-state index in [1.54, 1.807) is 33.0 Å². The van der Waals surface area contributed by atoms with Gasteiger partial charge in [0.2, 0.25) is 0 Å². The molecule has 1 atom stereocenters. The van der Waals surface area contributed by atoms with Gasteiger partial charge in [-0.25, -0.2) is 9.78 Å². The van der Waals surface area contributed by atoms with E-state index in [9.17, 15) is 14.7 Å². The van der Waals surface area contributed by atoms with Gasteiger partial charge in [0.25, 0.3) is 0 Å². The zero-order valence-electron chi connectivity index (χ0n) is 15.5. The summed E-state index contributed by atoms with van der Waals surface area (Å²) < 4.78 is 4.58. The number of carboxylic acid groups (broad SMARTS) is 1. The second kappa shape index (κ2) is 7.23. The van der Waals surface area contributed by atoms with Crippen LogP contribution in [-0.4, -0.2) is 38.3 Å². The molecule has 1 aliphatic rings. The number of carbonyl (C=O) groups is 2. The van der Waals surface area contributed by atoms with Crippen LogP contribution in [0, 0.1) is 0 Å². The molecule has 27 heavy (non-hydrogen) atoms. The molecular weight excluding hydrogens is 364 g/mol. The van der Waals surface area contributed by atoms with Gasteiger partial charge in [-0.3, -0.25) is 10.1 Å². The molecule has 0 bridgehead atoms. The Hall–Kier alpha value is -2.54. The third-order valence-electron chi connectivity index (χ3n) is 4.05. The largest absolute Gasteiger partial charge is 0.480 e. The molecule has 0 spiro atoms. The van der Waals surface area contributed by atoms with Crippen LogP contribution in [-0.2, 0) is 16.0 Å². The van der Waals surface area contributed by atoms with E-state index in [0.29, 0.717) is 18.0 Å². The summed E-state index contributed by atoms with van der Waals surface area (Å²) in [6, 6.07) is 11.4. The molecule has 6 nitrogen and oxygen atoms in total. The lowest BCUT2D eigenvalue weighted by Gasteiger charge is -2.19. The van der Waals surface area contributed by atoms with Crippen molar-refractivity contribution in [2.75, 3.05) is 11.1 Å². The zero-order valence-corrected chi connectivity index (χ0v) is 16.3. The lowest BCUT2D eigenvalue weighted by molar-refractivity contribution is -0.138. The van der Waals surface area contributed by atoms with Gasteiger partial charge >= 0.3 is 12.1 Å². The number of ether oxygens (including phenoxy) is 1. The van der Waals surface area contributed by atoms with Crippen LogP contribution in [0.3, 0.4) is 0 Å². The summed E-state index contributed by atoms with van der Waals surface area (Å²) in [6.07, 6.45) is 1.59. The highest BCUT2D eigenvalue weighted by Gasteiger charge is 2.51. The Morgan fingerprint density at radius 2 is 1.89 bits per heavy atom. The zero-order chi connectivity index (χ0) is 19.7. The minimum atomic E-state index is -0.747. The second-order valence-electron chi connectivity index (χ2n) is 7.52. The average molecular weight is 386 g/mol. The standard InChI is InChI=1S/C20H22N2O4S/c1-19(2,3)26-18(25)22-16-10-15(8-9-21-16)14-6-4-13(5-7-14)11-20(12-27-20)17(23)24/h4-10H,11-12H2,1-3H3,(H,23,24)(H,21,22,25)/t20-/m1/s1. The molecule has 1 aromatic heterocycles. The molecule has 142 valence electrons. The summed E-state index contributed by atoms with van der Waals surface area (Å²) >= 11 is 1.47. The predicted octanol–water partition coefficient (Wildman–Crippen LogP) is 4.21.